The van der Waals surface area contributed by atoms with E-state index in [1.807, 2.05) is 27.7 Å². The number of carbonyl (C=O) groups is 1. The number of halogens is 1. The number of rotatable bonds is 3. The van der Waals surface area contributed by atoms with Gasteiger partial charge in [-0.1, -0.05) is 15.9 Å². The molecule has 0 saturated carbocycles. The maximum Gasteiger partial charge on any atom is 0.407 e. The van der Waals surface area contributed by atoms with Crippen molar-refractivity contribution in [1.29, 1.82) is 0 Å². The van der Waals surface area contributed by atoms with Crippen molar-refractivity contribution in [3.05, 3.63) is 0 Å². The van der Waals surface area contributed by atoms with Crippen molar-refractivity contribution >= 4 is 22.0 Å². The van der Waals surface area contributed by atoms with Gasteiger partial charge in [0.1, 0.15) is 5.60 Å². The summed E-state index contributed by atoms with van der Waals surface area (Å²) in [5, 5.41) is 3.63. The molecule has 0 spiro atoms. The van der Waals surface area contributed by atoms with Gasteiger partial charge in [0, 0.05) is 11.4 Å². The highest BCUT2D eigenvalue weighted by Gasteiger charge is 2.17. The Morgan fingerprint density at radius 1 is 1.54 bits per heavy atom. The van der Waals surface area contributed by atoms with Crippen LogP contribution in [0, 0.1) is 0 Å². The number of amides is 1. The zero-order chi connectivity index (χ0) is 10.5. The Morgan fingerprint density at radius 3 is 2.46 bits per heavy atom. The second-order valence-electron chi connectivity index (χ2n) is 4.02. The van der Waals surface area contributed by atoms with Gasteiger partial charge in [-0.2, -0.15) is 0 Å². The normalized spacial score (nSPS) is 13.6. The molecule has 0 aromatic heterocycles. The predicted molar refractivity (Wildman–Crippen MR) is 57.2 cm³/mol. The SMILES string of the molecule is CC(CCBr)NC(=O)OC(C)(C)C. The van der Waals surface area contributed by atoms with Gasteiger partial charge in [-0.05, 0) is 34.1 Å². The molecule has 0 aliphatic rings. The van der Waals surface area contributed by atoms with E-state index >= 15 is 0 Å². The van der Waals surface area contributed by atoms with Crippen molar-refractivity contribution in [2.45, 2.75) is 45.8 Å². The molecular formula is C9H18BrNO2. The summed E-state index contributed by atoms with van der Waals surface area (Å²) in [6, 6.07) is 0.147. The molecule has 1 unspecified atom stereocenters. The van der Waals surface area contributed by atoms with Crippen molar-refractivity contribution < 1.29 is 9.53 Å². The number of carbonyl (C=O) groups excluding carboxylic acids is 1. The van der Waals surface area contributed by atoms with Gasteiger partial charge in [0.2, 0.25) is 0 Å². The molecular weight excluding hydrogens is 234 g/mol. The maximum absolute atomic E-state index is 11.2. The van der Waals surface area contributed by atoms with Crippen LogP contribution in [-0.2, 0) is 4.74 Å². The van der Waals surface area contributed by atoms with E-state index in [1.165, 1.54) is 0 Å². The largest absolute Gasteiger partial charge is 0.444 e. The fourth-order valence-corrected chi connectivity index (χ4v) is 1.43. The predicted octanol–water partition coefficient (Wildman–Crippen LogP) is 2.68. The van der Waals surface area contributed by atoms with E-state index in [4.69, 9.17) is 4.74 Å². The average molecular weight is 252 g/mol. The van der Waals surface area contributed by atoms with Crippen LogP contribution in [-0.4, -0.2) is 23.1 Å². The first-order chi connectivity index (χ1) is 5.85. The highest BCUT2D eigenvalue weighted by atomic mass is 79.9. The summed E-state index contributed by atoms with van der Waals surface area (Å²) in [5.74, 6) is 0. The lowest BCUT2D eigenvalue weighted by molar-refractivity contribution is 0.0508. The van der Waals surface area contributed by atoms with Crippen LogP contribution in [0.1, 0.15) is 34.1 Å². The van der Waals surface area contributed by atoms with E-state index < -0.39 is 5.60 Å². The first-order valence-electron chi connectivity index (χ1n) is 4.40. The van der Waals surface area contributed by atoms with Crippen molar-refractivity contribution in [3.63, 3.8) is 0 Å². The van der Waals surface area contributed by atoms with Gasteiger partial charge in [-0.3, -0.25) is 0 Å². The van der Waals surface area contributed by atoms with E-state index in [-0.39, 0.29) is 12.1 Å². The number of hydrogen-bond acceptors (Lipinski definition) is 2. The third-order valence-electron chi connectivity index (χ3n) is 1.31. The lowest BCUT2D eigenvalue weighted by Gasteiger charge is -2.21. The highest BCUT2D eigenvalue weighted by molar-refractivity contribution is 9.09. The van der Waals surface area contributed by atoms with Crippen LogP contribution in [0.25, 0.3) is 0 Å². The number of ether oxygens (including phenoxy) is 1. The van der Waals surface area contributed by atoms with Crippen molar-refractivity contribution in [1.82, 2.24) is 5.32 Å². The molecule has 0 aliphatic carbocycles. The van der Waals surface area contributed by atoms with Crippen LogP contribution in [0.5, 0.6) is 0 Å². The Labute approximate surface area is 88.4 Å². The van der Waals surface area contributed by atoms with E-state index in [9.17, 15) is 4.79 Å². The van der Waals surface area contributed by atoms with E-state index in [2.05, 4.69) is 21.2 Å². The molecule has 0 heterocycles. The molecule has 4 heteroatoms. The van der Waals surface area contributed by atoms with Crippen LogP contribution in [0.2, 0.25) is 0 Å². The Kier molecular flexibility index (Phi) is 5.37. The van der Waals surface area contributed by atoms with E-state index in [0.29, 0.717) is 0 Å². The molecule has 0 aromatic rings. The van der Waals surface area contributed by atoms with Crippen molar-refractivity contribution in [3.8, 4) is 0 Å². The van der Waals surface area contributed by atoms with Gasteiger partial charge in [-0.25, -0.2) is 4.79 Å². The van der Waals surface area contributed by atoms with Gasteiger partial charge >= 0.3 is 6.09 Å². The quantitative estimate of drug-likeness (QED) is 0.784. The van der Waals surface area contributed by atoms with Crippen LogP contribution in [0.4, 0.5) is 4.79 Å². The van der Waals surface area contributed by atoms with Gasteiger partial charge < -0.3 is 10.1 Å². The first-order valence-corrected chi connectivity index (χ1v) is 5.53. The fraction of sp³-hybridized carbons (Fsp3) is 0.889. The zero-order valence-corrected chi connectivity index (χ0v) is 10.3. The summed E-state index contributed by atoms with van der Waals surface area (Å²) >= 11 is 3.31. The summed E-state index contributed by atoms with van der Waals surface area (Å²) in [4.78, 5) is 11.2. The zero-order valence-electron chi connectivity index (χ0n) is 8.69. The molecule has 0 rings (SSSR count). The first kappa shape index (κ1) is 12.8. The lowest BCUT2D eigenvalue weighted by atomic mass is 10.2. The van der Waals surface area contributed by atoms with Crippen LogP contribution < -0.4 is 5.32 Å². The van der Waals surface area contributed by atoms with Crippen molar-refractivity contribution in [2.75, 3.05) is 5.33 Å². The minimum atomic E-state index is -0.418. The molecule has 1 atom stereocenters. The molecule has 0 fully saturated rings. The van der Waals surface area contributed by atoms with E-state index in [1.54, 1.807) is 0 Å². The Balaban J connectivity index is 3.74. The Hall–Kier alpha value is -0.250. The molecule has 78 valence electrons. The fourth-order valence-electron chi connectivity index (χ4n) is 0.745. The molecule has 0 aliphatic heterocycles. The Bertz CT molecular complexity index is 165. The lowest BCUT2D eigenvalue weighted by Crippen LogP contribution is -2.37. The second-order valence-corrected chi connectivity index (χ2v) is 4.82. The topological polar surface area (TPSA) is 38.3 Å². The monoisotopic (exact) mass is 251 g/mol. The third kappa shape index (κ3) is 8.09. The molecule has 0 radical (unpaired) electrons. The van der Waals surface area contributed by atoms with E-state index in [0.717, 1.165) is 11.8 Å². The van der Waals surface area contributed by atoms with Crippen LogP contribution >= 0.6 is 15.9 Å². The summed E-state index contributed by atoms with van der Waals surface area (Å²) in [6.07, 6.45) is 0.556. The summed E-state index contributed by atoms with van der Waals surface area (Å²) in [6.45, 7) is 7.50. The molecule has 3 nitrogen and oxygen atoms in total. The van der Waals surface area contributed by atoms with Gasteiger partial charge in [0.05, 0.1) is 0 Å². The summed E-state index contributed by atoms with van der Waals surface area (Å²) < 4.78 is 5.09. The third-order valence-corrected chi connectivity index (χ3v) is 1.76. The minimum absolute atomic E-state index is 0.147. The maximum atomic E-state index is 11.2. The van der Waals surface area contributed by atoms with Gasteiger partial charge in [0.25, 0.3) is 0 Å². The molecule has 1 amide bonds. The van der Waals surface area contributed by atoms with Gasteiger partial charge in [0.15, 0.2) is 0 Å². The minimum Gasteiger partial charge on any atom is -0.444 e. The molecule has 1 N–H and O–H groups in total. The van der Waals surface area contributed by atoms with Gasteiger partial charge in [-0.15, -0.1) is 0 Å². The molecule has 13 heavy (non-hydrogen) atoms. The molecule has 0 saturated heterocycles. The standard InChI is InChI=1S/C9H18BrNO2/c1-7(5-6-10)11-8(12)13-9(2,3)4/h7H,5-6H2,1-4H3,(H,11,12). The smallest absolute Gasteiger partial charge is 0.407 e. The van der Waals surface area contributed by atoms with Crippen LogP contribution in [0.3, 0.4) is 0 Å². The summed E-state index contributed by atoms with van der Waals surface area (Å²) in [5.41, 5.74) is -0.418. The second kappa shape index (κ2) is 5.47. The number of alkyl halides is 1. The summed E-state index contributed by atoms with van der Waals surface area (Å²) in [7, 11) is 0. The molecule has 0 bridgehead atoms. The number of hydrogen-bond donors (Lipinski definition) is 1. The number of nitrogens with one attached hydrogen (secondary N) is 1. The molecule has 0 aromatic carbocycles. The highest BCUT2D eigenvalue weighted by Crippen LogP contribution is 2.07. The van der Waals surface area contributed by atoms with Crippen LogP contribution in [0.15, 0.2) is 0 Å². The average Bonchev–Trinajstić information content (AvgIpc) is 1.81. The number of alkyl carbamates (subject to hydrolysis) is 1. The Morgan fingerprint density at radius 2 is 2.08 bits per heavy atom. The van der Waals surface area contributed by atoms with Crippen molar-refractivity contribution in [2.24, 2.45) is 0 Å².